The SMILES string of the molecule is O=C(OCc1cc(=O)oc2cc(O)ccc12)c1csc(-c2ccc(F)cc2)n1. The fourth-order valence-corrected chi connectivity index (χ4v) is 3.44. The molecule has 140 valence electrons. The monoisotopic (exact) mass is 397 g/mol. The molecule has 8 heteroatoms. The third-order valence-corrected chi connectivity index (χ3v) is 4.87. The van der Waals surface area contributed by atoms with Crippen LogP contribution < -0.4 is 5.63 Å². The number of aromatic hydroxyl groups is 1. The van der Waals surface area contributed by atoms with Gasteiger partial charge in [-0.05, 0) is 36.4 Å². The third-order valence-electron chi connectivity index (χ3n) is 3.98. The highest BCUT2D eigenvalue weighted by atomic mass is 32.1. The Hall–Kier alpha value is -3.52. The van der Waals surface area contributed by atoms with Crippen LogP contribution in [0.15, 0.2) is 63.1 Å². The second kappa shape index (κ2) is 7.24. The number of halogens is 1. The van der Waals surface area contributed by atoms with Gasteiger partial charge in [0.15, 0.2) is 5.69 Å². The molecule has 2 heterocycles. The molecular weight excluding hydrogens is 385 g/mol. The van der Waals surface area contributed by atoms with Gasteiger partial charge in [-0.25, -0.2) is 19.0 Å². The summed E-state index contributed by atoms with van der Waals surface area (Å²) in [4.78, 5) is 28.2. The van der Waals surface area contributed by atoms with Crippen LogP contribution in [0.3, 0.4) is 0 Å². The van der Waals surface area contributed by atoms with Gasteiger partial charge >= 0.3 is 11.6 Å². The molecule has 0 saturated heterocycles. The van der Waals surface area contributed by atoms with Crippen molar-refractivity contribution >= 4 is 28.3 Å². The first-order valence-electron chi connectivity index (χ1n) is 8.14. The van der Waals surface area contributed by atoms with Gasteiger partial charge in [0.2, 0.25) is 0 Å². The van der Waals surface area contributed by atoms with Crippen LogP contribution in [0.25, 0.3) is 21.5 Å². The average molecular weight is 397 g/mol. The number of thiazole rings is 1. The maximum absolute atomic E-state index is 13.0. The van der Waals surface area contributed by atoms with Crippen LogP contribution in [0.1, 0.15) is 16.1 Å². The molecule has 0 aliphatic rings. The lowest BCUT2D eigenvalue weighted by Crippen LogP contribution is -2.08. The van der Waals surface area contributed by atoms with Crippen molar-refractivity contribution in [2.24, 2.45) is 0 Å². The first-order chi connectivity index (χ1) is 13.5. The summed E-state index contributed by atoms with van der Waals surface area (Å²) >= 11 is 1.24. The van der Waals surface area contributed by atoms with E-state index in [4.69, 9.17) is 9.15 Å². The zero-order valence-corrected chi connectivity index (χ0v) is 15.0. The molecule has 2 aromatic carbocycles. The van der Waals surface area contributed by atoms with Crippen molar-refractivity contribution in [2.45, 2.75) is 6.61 Å². The Balaban J connectivity index is 1.53. The molecule has 0 amide bonds. The number of carbonyl (C=O) groups is 1. The van der Waals surface area contributed by atoms with Gasteiger partial charge in [0.1, 0.15) is 28.8 Å². The quantitative estimate of drug-likeness (QED) is 0.412. The molecule has 0 saturated carbocycles. The Morgan fingerprint density at radius 2 is 1.96 bits per heavy atom. The maximum Gasteiger partial charge on any atom is 0.358 e. The second-order valence-electron chi connectivity index (χ2n) is 5.89. The number of aromatic nitrogens is 1. The summed E-state index contributed by atoms with van der Waals surface area (Å²) in [7, 11) is 0. The summed E-state index contributed by atoms with van der Waals surface area (Å²) in [6, 6.07) is 11.4. The molecule has 4 aromatic rings. The fourth-order valence-electron chi connectivity index (χ4n) is 2.65. The zero-order chi connectivity index (χ0) is 19.7. The Labute approximate surface area is 161 Å². The summed E-state index contributed by atoms with van der Waals surface area (Å²) in [6.45, 7) is -0.158. The van der Waals surface area contributed by atoms with E-state index in [1.807, 2.05) is 0 Å². The predicted molar refractivity (Wildman–Crippen MR) is 101 cm³/mol. The Bertz CT molecular complexity index is 1230. The molecule has 0 unspecified atom stereocenters. The standard InChI is InChI=1S/C20H12FNO5S/c21-13-3-1-11(2-4-13)19-22-16(10-28-19)20(25)26-9-12-7-18(24)27-17-8-14(23)5-6-15(12)17/h1-8,10,23H,9H2. The number of carbonyl (C=O) groups excluding carboxylic acids is 1. The number of rotatable bonds is 4. The van der Waals surface area contributed by atoms with Crippen molar-refractivity contribution in [1.29, 1.82) is 0 Å². The van der Waals surface area contributed by atoms with Crippen LogP contribution in [0.4, 0.5) is 4.39 Å². The minimum atomic E-state index is -0.648. The number of phenolic OH excluding ortho intramolecular Hbond substituents is 1. The highest BCUT2D eigenvalue weighted by Gasteiger charge is 2.15. The molecule has 0 fully saturated rings. The molecule has 4 rings (SSSR count). The normalized spacial score (nSPS) is 10.9. The van der Waals surface area contributed by atoms with Crippen molar-refractivity contribution in [2.75, 3.05) is 0 Å². The molecule has 0 aliphatic heterocycles. The van der Waals surface area contributed by atoms with E-state index in [0.717, 1.165) is 0 Å². The number of benzene rings is 2. The molecule has 0 radical (unpaired) electrons. The number of phenols is 1. The van der Waals surface area contributed by atoms with Crippen molar-refractivity contribution in [3.63, 3.8) is 0 Å². The highest BCUT2D eigenvalue weighted by molar-refractivity contribution is 7.13. The lowest BCUT2D eigenvalue weighted by molar-refractivity contribution is 0.0468. The Kier molecular flexibility index (Phi) is 4.62. The average Bonchev–Trinajstić information content (AvgIpc) is 3.16. The molecule has 1 N–H and O–H groups in total. The van der Waals surface area contributed by atoms with Crippen molar-refractivity contribution in [1.82, 2.24) is 4.98 Å². The molecule has 0 atom stereocenters. The van der Waals surface area contributed by atoms with Gasteiger partial charge in [-0.2, -0.15) is 0 Å². The molecule has 28 heavy (non-hydrogen) atoms. The van der Waals surface area contributed by atoms with Crippen LogP contribution in [0.2, 0.25) is 0 Å². The largest absolute Gasteiger partial charge is 0.508 e. The summed E-state index contributed by atoms with van der Waals surface area (Å²) in [6.07, 6.45) is 0. The number of hydrogen-bond acceptors (Lipinski definition) is 7. The van der Waals surface area contributed by atoms with Gasteiger partial charge in [-0.3, -0.25) is 0 Å². The second-order valence-corrected chi connectivity index (χ2v) is 6.75. The van der Waals surface area contributed by atoms with Gasteiger partial charge in [-0.15, -0.1) is 11.3 Å². The van der Waals surface area contributed by atoms with Gasteiger partial charge in [0.05, 0.1) is 0 Å². The lowest BCUT2D eigenvalue weighted by Gasteiger charge is -2.06. The van der Waals surface area contributed by atoms with Gasteiger partial charge in [-0.1, -0.05) is 0 Å². The Morgan fingerprint density at radius 3 is 2.75 bits per heavy atom. The summed E-state index contributed by atoms with van der Waals surface area (Å²) in [5, 5.41) is 12.2. The number of ether oxygens (including phenoxy) is 1. The highest BCUT2D eigenvalue weighted by Crippen LogP contribution is 2.25. The minimum absolute atomic E-state index is 0.0411. The van der Waals surface area contributed by atoms with E-state index in [2.05, 4.69) is 4.98 Å². The van der Waals surface area contributed by atoms with E-state index < -0.39 is 11.6 Å². The first kappa shape index (κ1) is 17.9. The smallest absolute Gasteiger partial charge is 0.358 e. The van der Waals surface area contributed by atoms with Gasteiger partial charge < -0.3 is 14.3 Å². The number of nitrogens with zero attached hydrogens (tertiary/aromatic N) is 1. The minimum Gasteiger partial charge on any atom is -0.508 e. The van der Waals surface area contributed by atoms with E-state index in [0.29, 0.717) is 21.5 Å². The molecule has 0 bridgehead atoms. The summed E-state index contributed by atoms with van der Waals surface area (Å²) in [5.74, 6) is -1.04. The predicted octanol–water partition coefficient (Wildman–Crippen LogP) is 4.12. The van der Waals surface area contributed by atoms with Crippen molar-refractivity contribution < 1.29 is 23.4 Å². The molecule has 0 aliphatic carbocycles. The van der Waals surface area contributed by atoms with Crippen molar-refractivity contribution in [3.8, 4) is 16.3 Å². The number of esters is 1. The molecule has 2 aromatic heterocycles. The summed E-state index contributed by atoms with van der Waals surface area (Å²) in [5.41, 5.74) is 0.849. The summed E-state index contributed by atoms with van der Waals surface area (Å²) < 4.78 is 23.3. The molecule has 6 nitrogen and oxygen atoms in total. The lowest BCUT2D eigenvalue weighted by atomic mass is 10.1. The van der Waals surface area contributed by atoms with Crippen LogP contribution >= 0.6 is 11.3 Å². The van der Waals surface area contributed by atoms with E-state index >= 15 is 0 Å². The van der Waals surface area contributed by atoms with Crippen LogP contribution in [-0.4, -0.2) is 16.1 Å². The van der Waals surface area contributed by atoms with E-state index in [1.54, 1.807) is 23.6 Å². The van der Waals surface area contributed by atoms with Gasteiger partial charge in [0.25, 0.3) is 0 Å². The van der Waals surface area contributed by atoms with Crippen LogP contribution in [0, 0.1) is 5.82 Å². The number of fused-ring (bicyclic) bond motifs is 1. The topological polar surface area (TPSA) is 89.6 Å². The van der Waals surface area contributed by atoms with E-state index in [9.17, 15) is 19.1 Å². The molecule has 0 spiro atoms. The van der Waals surface area contributed by atoms with E-state index in [-0.39, 0.29) is 29.5 Å². The maximum atomic E-state index is 13.0. The third kappa shape index (κ3) is 3.63. The number of hydrogen-bond donors (Lipinski definition) is 1. The fraction of sp³-hybridized carbons (Fsp3) is 0.0500. The first-order valence-corrected chi connectivity index (χ1v) is 9.02. The Morgan fingerprint density at radius 1 is 1.18 bits per heavy atom. The van der Waals surface area contributed by atoms with Crippen LogP contribution in [-0.2, 0) is 11.3 Å². The zero-order valence-electron chi connectivity index (χ0n) is 14.2. The van der Waals surface area contributed by atoms with Gasteiger partial charge in [0, 0.05) is 34.0 Å². The van der Waals surface area contributed by atoms with E-state index in [1.165, 1.54) is 41.7 Å². The molecular formula is C20H12FNO5S. The van der Waals surface area contributed by atoms with Crippen molar-refractivity contribution in [3.05, 3.63) is 81.4 Å². The van der Waals surface area contributed by atoms with Crippen LogP contribution in [0.5, 0.6) is 5.75 Å².